The first-order valence-corrected chi connectivity index (χ1v) is 5.78. The molecule has 2 nitrogen and oxygen atoms in total. The molecule has 0 aromatic heterocycles. The van der Waals surface area contributed by atoms with E-state index in [2.05, 4.69) is 11.3 Å². The maximum absolute atomic E-state index is 13.2. The van der Waals surface area contributed by atoms with Crippen molar-refractivity contribution in [2.24, 2.45) is 0 Å². The molecule has 0 aliphatic carbocycles. The summed E-state index contributed by atoms with van der Waals surface area (Å²) in [4.78, 5) is 10.4. The monoisotopic (exact) mass is 364 g/mol. The Morgan fingerprint density at radius 3 is 1.91 bits per heavy atom. The second-order valence-corrected chi connectivity index (χ2v) is 4.31. The Morgan fingerprint density at radius 2 is 1.52 bits per heavy atom. The number of alkyl halides is 10. The van der Waals surface area contributed by atoms with Crippen molar-refractivity contribution < 1.29 is 53.4 Å². The lowest BCUT2D eigenvalue weighted by molar-refractivity contribution is -0.392. The van der Waals surface area contributed by atoms with Crippen molar-refractivity contribution >= 4 is 5.97 Å². The fraction of sp³-hybridized carbons (Fsp3) is 0.727. The molecular weight excluding hydrogens is 354 g/mol. The van der Waals surface area contributed by atoms with Crippen LogP contribution < -0.4 is 0 Å². The van der Waals surface area contributed by atoms with Gasteiger partial charge >= 0.3 is 30.1 Å². The summed E-state index contributed by atoms with van der Waals surface area (Å²) >= 11 is 0. The van der Waals surface area contributed by atoms with Crippen LogP contribution in [0.2, 0.25) is 0 Å². The molecule has 0 N–H and O–H groups in total. The van der Waals surface area contributed by atoms with E-state index in [1.165, 1.54) is 0 Å². The SMILES string of the molecule is C=CC(=O)OC(F)(F)C(F)(F)C(F)(F)C(F)CCCC(F)(F)F. The maximum atomic E-state index is 13.2. The smallest absolute Gasteiger partial charge is 0.393 e. The van der Waals surface area contributed by atoms with E-state index in [-0.39, 0.29) is 6.08 Å². The number of hydrogen-bond donors (Lipinski definition) is 0. The molecule has 0 aliphatic rings. The van der Waals surface area contributed by atoms with E-state index in [0.717, 1.165) is 0 Å². The number of halogens is 10. The van der Waals surface area contributed by atoms with E-state index >= 15 is 0 Å². The third-order valence-electron chi connectivity index (χ3n) is 2.49. The zero-order valence-electron chi connectivity index (χ0n) is 11.1. The van der Waals surface area contributed by atoms with Crippen LogP contribution in [0.5, 0.6) is 0 Å². The van der Waals surface area contributed by atoms with Gasteiger partial charge in [0.1, 0.15) is 0 Å². The highest BCUT2D eigenvalue weighted by Crippen LogP contribution is 2.49. The first-order chi connectivity index (χ1) is 10.1. The van der Waals surface area contributed by atoms with Gasteiger partial charge in [-0.1, -0.05) is 6.58 Å². The van der Waals surface area contributed by atoms with Gasteiger partial charge in [0.05, 0.1) is 0 Å². The Hall–Kier alpha value is -1.49. The number of hydrogen-bond acceptors (Lipinski definition) is 2. The first-order valence-electron chi connectivity index (χ1n) is 5.78. The van der Waals surface area contributed by atoms with E-state index in [4.69, 9.17) is 0 Å². The summed E-state index contributed by atoms with van der Waals surface area (Å²) in [6.45, 7) is 2.57. The topological polar surface area (TPSA) is 26.3 Å². The highest BCUT2D eigenvalue weighted by Gasteiger charge is 2.77. The van der Waals surface area contributed by atoms with Gasteiger partial charge in [0, 0.05) is 12.5 Å². The molecule has 12 heteroatoms. The Kier molecular flexibility index (Phi) is 6.50. The predicted molar refractivity (Wildman–Crippen MR) is 55.9 cm³/mol. The summed E-state index contributed by atoms with van der Waals surface area (Å²) in [6.07, 6.45) is -19.9. The largest absolute Gasteiger partial charge is 0.473 e. The summed E-state index contributed by atoms with van der Waals surface area (Å²) in [5.74, 6) is -14.8. The van der Waals surface area contributed by atoms with Gasteiger partial charge in [0.25, 0.3) is 0 Å². The van der Waals surface area contributed by atoms with Crippen molar-refractivity contribution in [2.45, 2.75) is 49.6 Å². The molecule has 0 spiro atoms. The van der Waals surface area contributed by atoms with Crippen LogP contribution in [0.25, 0.3) is 0 Å². The summed E-state index contributed by atoms with van der Waals surface area (Å²) in [5, 5.41) is 0. The Balaban J connectivity index is 5.12. The minimum Gasteiger partial charge on any atom is -0.393 e. The van der Waals surface area contributed by atoms with E-state index in [1.807, 2.05) is 0 Å². The van der Waals surface area contributed by atoms with Crippen LogP contribution in [-0.4, -0.2) is 36.3 Å². The molecule has 0 heterocycles. The summed E-state index contributed by atoms with van der Waals surface area (Å²) in [5.41, 5.74) is 0. The Morgan fingerprint density at radius 1 is 1.04 bits per heavy atom. The second kappa shape index (κ2) is 6.95. The fourth-order valence-electron chi connectivity index (χ4n) is 1.29. The van der Waals surface area contributed by atoms with Crippen LogP contribution in [0.1, 0.15) is 19.3 Å². The minimum absolute atomic E-state index is 0.0294. The van der Waals surface area contributed by atoms with Gasteiger partial charge in [-0.25, -0.2) is 9.18 Å². The van der Waals surface area contributed by atoms with E-state index in [1.54, 1.807) is 0 Å². The molecule has 0 bridgehead atoms. The zero-order chi connectivity index (χ0) is 18.7. The molecular formula is C11H10F10O2. The second-order valence-electron chi connectivity index (χ2n) is 4.31. The van der Waals surface area contributed by atoms with Crippen LogP contribution in [0, 0.1) is 0 Å². The fourth-order valence-corrected chi connectivity index (χ4v) is 1.29. The van der Waals surface area contributed by atoms with Crippen molar-refractivity contribution in [3.8, 4) is 0 Å². The van der Waals surface area contributed by atoms with Gasteiger partial charge in [0.15, 0.2) is 6.17 Å². The average Bonchev–Trinajstić information content (AvgIpc) is 2.35. The molecule has 0 rings (SSSR count). The number of esters is 1. The molecule has 0 aromatic rings. The van der Waals surface area contributed by atoms with Crippen LogP contribution >= 0.6 is 0 Å². The lowest BCUT2D eigenvalue weighted by Crippen LogP contribution is -2.59. The van der Waals surface area contributed by atoms with Crippen LogP contribution in [0.4, 0.5) is 43.9 Å². The van der Waals surface area contributed by atoms with E-state index in [0.29, 0.717) is 0 Å². The van der Waals surface area contributed by atoms with Gasteiger partial charge in [0.2, 0.25) is 0 Å². The zero-order valence-corrected chi connectivity index (χ0v) is 11.1. The van der Waals surface area contributed by atoms with E-state index in [9.17, 15) is 48.7 Å². The number of rotatable bonds is 8. The first kappa shape index (κ1) is 21.5. The van der Waals surface area contributed by atoms with Gasteiger partial charge in [-0.15, -0.1) is 0 Å². The third kappa shape index (κ3) is 5.27. The number of carbonyl (C=O) groups is 1. The van der Waals surface area contributed by atoms with E-state index < -0.39 is 55.5 Å². The Labute approximate surface area is 123 Å². The molecule has 0 aromatic carbocycles. The highest BCUT2D eigenvalue weighted by molar-refractivity contribution is 5.81. The average molecular weight is 364 g/mol. The van der Waals surface area contributed by atoms with Crippen molar-refractivity contribution in [3.63, 3.8) is 0 Å². The van der Waals surface area contributed by atoms with Crippen molar-refractivity contribution in [2.75, 3.05) is 0 Å². The third-order valence-corrected chi connectivity index (χ3v) is 2.49. The molecule has 0 saturated heterocycles. The molecule has 0 aliphatic heterocycles. The molecule has 23 heavy (non-hydrogen) atoms. The lowest BCUT2D eigenvalue weighted by Gasteiger charge is -2.33. The standard InChI is InChI=1S/C11H10F10O2/c1-2-7(22)23-11(20,21)10(18,19)9(16,17)6(12)4-3-5-8(13,14)15/h2,6H,1,3-5H2. The quantitative estimate of drug-likeness (QED) is 0.356. The predicted octanol–water partition coefficient (Wildman–Crippen LogP) is 4.65. The lowest BCUT2D eigenvalue weighted by atomic mass is 10.0. The summed E-state index contributed by atoms with van der Waals surface area (Å²) < 4.78 is 130. The molecule has 0 radical (unpaired) electrons. The van der Waals surface area contributed by atoms with Crippen LogP contribution in [-0.2, 0) is 9.53 Å². The number of carbonyl (C=O) groups excluding carboxylic acids is 1. The highest BCUT2D eigenvalue weighted by atomic mass is 19.4. The minimum atomic E-state index is -6.49. The van der Waals surface area contributed by atoms with Crippen molar-refractivity contribution in [3.05, 3.63) is 12.7 Å². The van der Waals surface area contributed by atoms with Gasteiger partial charge in [-0.05, 0) is 12.8 Å². The molecule has 136 valence electrons. The molecule has 1 unspecified atom stereocenters. The Bertz CT molecular complexity index is 429. The number of ether oxygens (including phenoxy) is 1. The van der Waals surface area contributed by atoms with Crippen LogP contribution in [0.3, 0.4) is 0 Å². The summed E-state index contributed by atoms with van der Waals surface area (Å²) in [6, 6.07) is 0. The molecule has 0 saturated carbocycles. The van der Waals surface area contributed by atoms with Gasteiger partial charge in [-0.2, -0.15) is 39.5 Å². The summed E-state index contributed by atoms with van der Waals surface area (Å²) in [7, 11) is 0. The van der Waals surface area contributed by atoms with Gasteiger partial charge < -0.3 is 4.74 Å². The molecule has 1 atom stereocenters. The van der Waals surface area contributed by atoms with Crippen molar-refractivity contribution in [1.29, 1.82) is 0 Å². The maximum Gasteiger partial charge on any atom is 0.473 e. The van der Waals surface area contributed by atoms with Crippen molar-refractivity contribution in [1.82, 2.24) is 0 Å². The van der Waals surface area contributed by atoms with Crippen LogP contribution in [0.15, 0.2) is 12.7 Å². The normalized spacial score (nSPS) is 15.2. The molecule has 0 amide bonds. The van der Waals surface area contributed by atoms with Gasteiger partial charge in [-0.3, -0.25) is 0 Å². The molecule has 0 fully saturated rings.